The Morgan fingerprint density at radius 2 is 2.00 bits per heavy atom. The second-order valence-electron chi connectivity index (χ2n) is 4.48. The average Bonchev–Trinajstić information content (AvgIpc) is 3.10. The van der Waals surface area contributed by atoms with Crippen molar-refractivity contribution in [1.29, 1.82) is 0 Å². The van der Waals surface area contributed by atoms with E-state index in [0.717, 1.165) is 12.5 Å². The molecule has 2 rings (SSSR count). The van der Waals surface area contributed by atoms with Crippen molar-refractivity contribution < 1.29 is 5.11 Å². The average molecular weight is 205 g/mol. The van der Waals surface area contributed by atoms with Gasteiger partial charge in [-0.05, 0) is 36.8 Å². The minimum Gasteiger partial charge on any atom is -0.395 e. The van der Waals surface area contributed by atoms with Crippen LogP contribution in [0.2, 0.25) is 0 Å². The van der Waals surface area contributed by atoms with Crippen LogP contribution in [0.25, 0.3) is 0 Å². The van der Waals surface area contributed by atoms with E-state index >= 15 is 0 Å². The number of hydrogen-bond donors (Lipinski definition) is 2. The fourth-order valence-electron chi connectivity index (χ4n) is 1.68. The molecule has 2 heteroatoms. The summed E-state index contributed by atoms with van der Waals surface area (Å²) in [4.78, 5) is 0. The Kier molecular flexibility index (Phi) is 3.39. The standard InChI is InChI=1S/C13H19NO/c1-10(9-15)14-8-11-2-4-12(5-3-11)13-6-7-13/h2-5,10,13-15H,6-9H2,1H3/t10-/m1/s1. The van der Waals surface area contributed by atoms with E-state index in [1.54, 1.807) is 0 Å². The molecule has 0 unspecified atom stereocenters. The first kappa shape index (κ1) is 10.7. The van der Waals surface area contributed by atoms with Crippen LogP contribution in [0, 0.1) is 0 Å². The van der Waals surface area contributed by atoms with E-state index in [4.69, 9.17) is 5.11 Å². The fraction of sp³-hybridized carbons (Fsp3) is 0.538. The molecule has 0 aliphatic heterocycles. The molecule has 15 heavy (non-hydrogen) atoms. The number of aliphatic hydroxyl groups excluding tert-OH is 1. The molecule has 0 aromatic heterocycles. The number of hydrogen-bond acceptors (Lipinski definition) is 2. The first-order chi connectivity index (χ1) is 7.29. The summed E-state index contributed by atoms with van der Waals surface area (Å²) in [5.74, 6) is 0.836. The lowest BCUT2D eigenvalue weighted by Crippen LogP contribution is -2.28. The minimum atomic E-state index is 0.174. The first-order valence-corrected chi connectivity index (χ1v) is 5.72. The van der Waals surface area contributed by atoms with Gasteiger partial charge < -0.3 is 10.4 Å². The minimum absolute atomic E-state index is 0.174. The second kappa shape index (κ2) is 4.77. The molecule has 1 aliphatic rings. The van der Waals surface area contributed by atoms with Crippen molar-refractivity contribution in [3.05, 3.63) is 35.4 Å². The van der Waals surface area contributed by atoms with Crippen LogP contribution in [-0.2, 0) is 6.54 Å². The van der Waals surface area contributed by atoms with Crippen LogP contribution in [0.3, 0.4) is 0 Å². The molecule has 0 heterocycles. The van der Waals surface area contributed by atoms with Gasteiger partial charge in [0.1, 0.15) is 0 Å². The Balaban J connectivity index is 1.86. The monoisotopic (exact) mass is 205 g/mol. The van der Waals surface area contributed by atoms with Gasteiger partial charge in [-0.3, -0.25) is 0 Å². The highest BCUT2D eigenvalue weighted by Gasteiger charge is 2.22. The van der Waals surface area contributed by atoms with Crippen molar-refractivity contribution in [2.75, 3.05) is 6.61 Å². The Morgan fingerprint density at radius 3 is 2.53 bits per heavy atom. The Labute approximate surface area is 91.3 Å². The molecule has 0 radical (unpaired) electrons. The van der Waals surface area contributed by atoms with Gasteiger partial charge >= 0.3 is 0 Å². The third kappa shape index (κ3) is 3.05. The van der Waals surface area contributed by atoms with E-state index in [1.807, 2.05) is 6.92 Å². The molecular weight excluding hydrogens is 186 g/mol. The molecule has 0 amide bonds. The molecule has 1 atom stereocenters. The van der Waals surface area contributed by atoms with Gasteiger partial charge in [0.2, 0.25) is 0 Å². The smallest absolute Gasteiger partial charge is 0.0582 e. The molecule has 0 saturated heterocycles. The van der Waals surface area contributed by atoms with Crippen molar-refractivity contribution in [1.82, 2.24) is 5.32 Å². The van der Waals surface area contributed by atoms with Crippen molar-refractivity contribution in [2.45, 2.75) is 38.3 Å². The first-order valence-electron chi connectivity index (χ1n) is 5.72. The van der Waals surface area contributed by atoms with Crippen LogP contribution in [0.1, 0.15) is 36.8 Å². The maximum absolute atomic E-state index is 8.88. The topological polar surface area (TPSA) is 32.3 Å². The summed E-state index contributed by atoms with van der Waals surface area (Å²) in [6, 6.07) is 9.01. The number of aliphatic hydroxyl groups is 1. The maximum Gasteiger partial charge on any atom is 0.0582 e. The quantitative estimate of drug-likeness (QED) is 0.771. The zero-order chi connectivity index (χ0) is 10.7. The van der Waals surface area contributed by atoms with Gasteiger partial charge in [0.25, 0.3) is 0 Å². The van der Waals surface area contributed by atoms with Crippen LogP contribution in [-0.4, -0.2) is 17.8 Å². The lowest BCUT2D eigenvalue weighted by Gasteiger charge is -2.10. The number of rotatable bonds is 5. The number of nitrogens with one attached hydrogen (secondary N) is 1. The van der Waals surface area contributed by atoms with Gasteiger partial charge in [0.15, 0.2) is 0 Å². The normalized spacial score (nSPS) is 17.7. The summed E-state index contributed by atoms with van der Waals surface area (Å²) < 4.78 is 0. The van der Waals surface area contributed by atoms with Gasteiger partial charge in [0.05, 0.1) is 6.61 Å². The Bertz CT molecular complexity index is 303. The molecule has 1 aromatic rings. The van der Waals surface area contributed by atoms with Crippen LogP contribution in [0.4, 0.5) is 0 Å². The predicted molar refractivity (Wildman–Crippen MR) is 61.8 cm³/mol. The zero-order valence-corrected chi connectivity index (χ0v) is 9.24. The lowest BCUT2D eigenvalue weighted by atomic mass is 10.1. The fourth-order valence-corrected chi connectivity index (χ4v) is 1.68. The van der Waals surface area contributed by atoms with E-state index in [-0.39, 0.29) is 12.6 Å². The maximum atomic E-state index is 8.88. The third-order valence-corrected chi connectivity index (χ3v) is 2.96. The second-order valence-corrected chi connectivity index (χ2v) is 4.48. The van der Waals surface area contributed by atoms with E-state index in [2.05, 4.69) is 29.6 Å². The van der Waals surface area contributed by atoms with Crippen LogP contribution in [0.15, 0.2) is 24.3 Å². The summed E-state index contributed by atoms with van der Waals surface area (Å²) in [7, 11) is 0. The van der Waals surface area contributed by atoms with Crippen molar-refractivity contribution >= 4 is 0 Å². The lowest BCUT2D eigenvalue weighted by molar-refractivity contribution is 0.251. The van der Waals surface area contributed by atoms with E-state index in [0.29, 0.717) is 0 Å². The summed E-state index contributed by atoms with van der Waals surface area (Å²) in [6.07, 6.45) is 2.72. The molecule has 0 bridgehead atoms. The van der Waals surface area contributed by atoms with Gasteiger partial charge in [-0.2, -0.15) is 0 Å². The summed E-state index contributed by atoms with van der Waals surface area (Å²) in [5, 5.41) is 12.1. The van der Waals surface area contributed by atoms with Crippen molar-refractivity contribution in [3.8, 4) is 0 Å². The highest BCUT2D eigenvalue weighted by Crippen LogP contribution is 2.39. The SMILES string of the molecule is C[C@H](CO)NCc1ccc(C2CC2)cc1. The molecule has 2 N–H and O–H groups in total. The summed E-state index contributed by atoms with van der Waals surface area (Å²) >= 11 is 0. The molecule has 1 aromatic carbocycles. The van der Waals surface area contributed by atoms with Gasteiger partial charge in [-0.15, -0.1) is 0 Å². The van der Waals surface area contributed by atoms with Gasteiger partial charge in [-0.1, -0.05) is 24.3 Å². The molecule has 0 spiro atoms. The third-order valence-electron chi connectivity index (χ3n) is 2.96. The molecule has 1 aliphatic carbocycles. The molecule has 1 fully saturated rings. The summed E-state index contributed by atoms with van der Waals surface area (Å²) in [6.45, 7) is 3.02. The van der Waals surface area contributed by atoms with Gasteiger partial charge in [0, 0.05) is 12.6 Å². The van der Waals surface area contributed by atoms with Gasteiger partial charge in [-0.25, -0.2) is 0 Å². The van der Waals surface area contributed by atoms with Crippen LogP contribution < -0.4 is 5.32 Å². The Morgan fingerprint density at radius 1 is 1.33 bits per heavy atom. The Hall–Kier alpha value is -0.860. The molecule has 1 saturated carbocycles. The van der Waals surface area contributed by atoms with Crippen LogP contribution in [0.5, 0.6) is 0 Å². The molecule has 82 valence electrons. The largest absolute Gasteiger partial charge is 0.395 e. The van der Waals surface area contributed by atoms with Crippen molar-refractivity contribution in [2.24, 2.45) is 0 Å². The van der Waals surface area contributed by atoms with E-state index < -0.39 is 0 Å². The summed E-state index contributed by atoms with van der Waals surface area (Å²) in [5.41, 5.74) is 2.77. The van der Waals surface area contributed by atoms with Crippen molar-refractivity contribution in [3.63, 3.8) is 0 Å². The zero-order valence-electron chi connectivity index (χ0n) is 9.24. The highest BCUT2D eigenvalue weighted by atomic mass is 16.3. The highest BCUT2D eigenvalue weighted by molar-refractivity contribution is 5.27. The van der Waals surface area contributed by atoms with E-state index in [9.17, 15) is 0 Å². The van der Waals surface area contributed by atoms with Crippen LogP contribution >= 0.6 is 0 Å². The number of benzene rings is 1. The molecular formula is C13H19NO. The molecule has 2 nitrogen and oxygen atoms in total. The predicted octanol–water partition coefficient (Wildman–Crippen LogP) is 2.03. The van der Waals surface area contributed by atoms with E-state index in [1.165, 1.54) is 24.0 Å².